The molecule has 0 unspecified atom stereocenters. The Bertz CT molecular complexity index is 221. The highest BCUT2D eigenvalue weighted by Gasteiger charge is 1.91. The SMILES string of the molecule is C1#CCSCCCCCCSCC#C1. The number of rotatable bonds is 0. The highest BCUT2D eigenvalue weighted by Crippen LogP contribution is 2.10. The summed E-state index contributed by atoms with van der Waals surface area (Å²) in [6, 6.07) is 0. The molecule has 0 fully saturated rings. The van der Waals surface area contributed by atoms with Crippen LogP contribution >= 0.6 is 23.5 Å². The van der Waals surface area contributed by atoms with E-state index in [1.54, 1.807) is 0 Å². The summed E-state index contributed by atoms with van der Waals surface area (Å²) in [5.41, 5.74) is 0. The van der Waals surface area contributed by atoms with Gasteiger partial charge in [-0.15, -0.1) is 23.5 Å². The molecule has 0 N–H and O–H groups in total. The zero-order chi connectivity index (χ0) is 9.90. The standard InChI is InChI=1S/C12H16S2/c1-2-6-10-14-12-8-4-3-7-11-13-9-5-1/h1-2,5-6,9-12H2. The maximum Gasteiger partial charge on any atom is 0.0557 e. The van der Waals surface area contributed by atoms with Crippen LogP contribution in [0.5, 0.6) is 0 Å². The molecule has 0 aromatic rings. The van der Waals surface area contributed by atoms with Crippen molar-refractivity contribution in [2.24, 2.45) is 0 Å². The quantitative estimate of drug-likeness (QED) is 0.580. The third-order valence-corrected chi connectivity index (χ3v) is 3.77. The van der Waals surface area contributed by atoms with Gasteiger partial charge in [0.15, 0.2) is 0 Å². The summed E-state index contributed by atoms with van der Waals surface area (Å²) < 4.78 is 0. The lowest BCUT2D eigenvalue weighted by molar-refractivity contribution is 0.711. The number of hydrogen-bond acceptors (Lipinski definition) is 2. The fraction of sp³-hybridized carbons (Fsp3) is 0.667. The first-order chi connectivity index (χ1) is 7.00. The molecule has 2 heteroatoms. The Balaban J connectivity index is 2.24. The molecule has 0 amide bonds. The van der Waals surface area contributed by atoms with Gasteiger partial charge in [-0.3, -0.25) is 0 Å². The van der Waals surface area contributed by atoms with Crippen LogP contribution in [0.15, 0.2) is 0 Å². The average molecular weight is 224 g/mol. The Morgan fingerprint density at radius 3 is 1.64 bits per heavy atom. The van der Waals surface area contributed by atoms with Crippen molar-refractivity contribution >= 4 is 23.5 Å². The minimum Gasteiger partial charge on any atom is -0.149 e. The molecule has 0 atom stereocenters. The van der Waals surface area contributed by atoms with Gasteiger partial charge in [-0.1, -0.05) is 24.7 Å². The molecule has 1 heterocycles. The smallest absolute Gasteiger partial charge is 0.0557 e. The number of hydrogen-bond donors (Lipinski definition) is 0. The van der Waals surface area contributed by atoms with E-state index in [9.17, 15) is 0 Å². The Kier molecular flexibility index (Phi) is 7.97. The van der Waals surface area contributed by atoms with Gasteiger partial charge in [-0.05, 0) is 36.2 Å². The molecular weight excluding hydrogens is 208 g/mol. The predicted molar refractivity (Wildman–Crippen MR) is 68.7 cm³/mol. The molecule has 0 spiro atoms. The van der Waals surface area contributed by atoms with Gasteiger partial charge in [0, 0.05) is 0 Å². The molecule has 0 saturated heterocycles. The molecule has 76 valence electrons. The fourth-order valence-corrected chi connectivity index (χ4v) is 2.62. The average Bonchev–Trinajstić information content (AvgIpc) is 2.22. The molecule has 0 aromatic heterocycles. The third-order valence-electron chi connectivity index (χ3n) is 1.92. The van der Waals surface area contributed by atoms with E-state index in [0.29, 0.717) is 0 Å². The second-order valence-electron chi connectivity index (χ2n) is 3.12. The summed E-state index contributed by atoms with van der Waals surface area (Å²) in [4.78, 5) is 0. The van der Waals surface area contributed by atoms with Crippen LogP contribution in [0, 0.1) is 23.7 Å². The summed E-state index contributed by atoms with van der Waals surface area (Å²) in [5.74, 6) is 16.3. The van der Waals surface area contributed by atoms with Crippen LogP contribution in [0.1, 0.15) is 25.7 Å². The zero-order valence-electron chi connectivity index (χ0n) is 8.47. The van der Waals surface area contributed by atoms with Gasteiger partial charge in [0.05, 0.1) is 11.5 Å². The van der Waals surface area contributed by atoms with Crippen LogP contribution in [0.4, 0.5) is 0 Å². The van der Waals surface area contributed by atoms with Crippen LogP contribution in [-0.4, -0.2) is 23.0 Å². The van der Waals surface area contributed by atoms with Crippen molar-refractivity contribution < 1.29 is 0 Å². The van der Waals surface area contributed by atoms with Crippen LogP contribution in [0.25, 0.3) is 0 Å². The van der Waals surface area contributed by atoms with Crippen LogP contribution in [-0.2, 0) is 0 Å². The van der Waals surface area contributed by atoms with E-state index in [-0.39, 0.29) is 0 Å². The highest BCUT2D eigenvalue weighted by atomic mass is 32.2. The van der Waals surface area contributed by atoms with Gasteiger partial charge in [-0.2, -0.15) is 0 Å². The topological polar surface area (TPSA) is 0 Å². The van der Waals surface area contributed by atoms with Crippen molar-refractivity contribution in [3.05, 3.63) is 0 Å². The lowest BCUT2D eigenvalue weighted by Crippen LogP contribution is -1.86. The van der Waals surface area contributed by atoms with Gasteiger partial charge >= 0.3 is 0 Å². The predicted octanol–water partition coefficient (Wildman–Crippen LogP) is 3.03. The monoisotopic (exact) mass is 224 g/mol. The highest BCUT2D eigenvalue weighted by molar-refractivity contribution is 7.99. The molecule has 0 bridgehead atoms. The first-order valence-electron chi connectivity index (χ1n) is 5.11. The Morgan fingerprint density at radius 2 is 1.14 bits per heavy atom. The maximum absolute atomic E-state index is 3.07. The van der Waals surface area contributed by atoms with Gasteiger partial charge in [0.2, 0.25) is 0 Å². The van der Waals surface area contributed by atoms with E-state index in [0.717, 1.165) is 11.5 Å². The molecule has 0 aliphatic carbocycles. The lowest BCUT2D eigenvalue weighted by Gasteiger charge is -2.00. The maximum atomic E-state index is 3.07. The van der Waals surface area contributed by atoms with Gasteiger partial charge in [-0.25, -0.2) is 0 Å². The minimum absolute atomic E-state index is 0.946. The minimum atomic E-state index is 0.946. The molecule has 0 radical (unpaired) electrons. The summed E-state index contributed by atoms with van der Waals surface area (Å²) in [7, 11) is 0. The third kappa shape index (κ3) is 7.25. The molecule has 1 aliphatic heterocycles. The van der Waals surface area contributed by atoms with E-state index in [1.165, 1.54) is 37.2 Å². The van der Waals surface area contributed by atoms with Crippen molar-refractivity contribution in [2.45, 2.75) is 25.7 Å². The van der Waals surface area contributed by atoms with E-state index in [1.807, 2.05) is 23.5 Å². The van der Waals surface area contributed by atoms with Crippen LogP contribution in [0.2, 0.25) is 0 Å². The Morgan fingerprint density at radius 1 is 0.643 bits per heavy atom. The molecule has 0 saturated carbocycles. The summed E-state index contributed by atoms with van der Waals surface area (Å²) in [6.07, 6.45) is 5.46. The first kappa shape index (κ1) is 11.9. The largest absolute Gasteiger partial charge is 0.149 e. The Hall–Kier alpha value is -0.180. The first-order valence-corrected chi connectivity index (χ1v) is 7.42. The summed E-state index contributed by atoms with van der Waals surface area (Å²) in [6.45, 7) is 0. The normalized spacial score (nSPS) is 19.4. The molecule has 1 aliphatic rings. The Labute approximate surface area is 96.0 Å². The second-order valence-corrected chi connectivity index (χ2v) is 5.33. The van der Waals surface area contributed by atoms with Crippen LogP contribution < -0.4 is 0 Å². The van der Waals surface area contributed by atoms with Crippen molar-refractivity contribution in [1.82, 2.24) is 0 Å². The van der Waals surface area contributed by atoms with E-state index in [2.05, 4.69) is 23.7 Å². The van der Waals surface area contributed by atoms with E-state index in [4.69, 9.17) is 0 Å². The van der Waals surface area contributed by atoms with Crippen molar-refractivity contribution in [3.8, 4) is 23.7 Å². The fourth-order valence-electron chi connectivity index (χ4n) is 1.17. The molecular formula is C12H16S2. The molecule has 0 aromatic carbocycles. The second kappa shape index (κ2) is 9.38. The summed E-state index contributed by atoms with van der Waals surface area (Å²) >= 11 is 3.87. The molecule has 0 nitrogen and oxygen atoms in total. The van der Waals surface area contributed by atoms with E-state index >= 15 is 0 Å². The van der Waals surface area contributed by atoms with E-state index < -0.39 is 0 Å². The van der Waals surface area contributed by atoms with Gasteiger partial charge < -0.3 is 0 Å². The lowest BCUT2D eigenvalue weighted by atomic mass is 10.2. The van der Waals surface area contributed by atoms with Gasteiger partial charge in [0.1, 0.15) is 0 Å². The summed E-state index contributed by atoms with van der Waals surface area (Å²) in [5, 5.41) is 0. The van der Waals surface area contributed by atoms with Crippen molar-refractivity contribution in [2.75, 3.05) is 23.0 Å². The van der Waals surface area contributed by atoms with Crippen molar-refractivity contribution in [1.29, 1.82) is 0 Å². The van der Waals surface area contributed by atoms with Crippen LogP contribution in [0.3, 0.4) is 0 Å². The number of thioether (sulfide) groups is 2. The van der Waals surface area contributed by atoms with Gasteiger partial charge in [0.25, 0.3) is 0 Å². The molecule has 14 heavy (non-hydrogen) atoms. The molecule has 1 rings (SSSR count). The zero-order valence-corrected chi connectivity index (χ0v) is 10.1. The van der Waals surface area contributed by atoms with Crippen molar-refractivity contribution in [3.63, 3.8) is 0 Å².